The summed E-state index contributed by atoms with van der Waals surface area (Å²) in [5.74, 6) is 1.03. The van der Waals surface area contributed by atoms with E-state index in [2.05, 4.69) is 31.2 Å². The fourth-order valence-corrected chi connectivity index (χ4v) is 3.68. The van der Waals surface area contributed by atoms with Crippen molar-refractivity contribution in [2.75, 3.05) is 26.2 Å². The number of non-ortho nitro benzene ring substituents is 1. The number of nitro groups is 1. The van der Waals surface area contributed by atoms with E-state index in [9.17, 15) is 14.9 Å². The highest BCUT2D eigenvalue weighted by Gasteiger charge is 2.09. The van der Waals surface area contributed by atoms with Crippen molar-refractivity contribution in [3.8, 4) is 11.5 Å². The average Bonchev–Trinajstić information content (AvgIpc) is 2.88. The van der Waals surface area contributed by atoms with Gasteiger partial charge in [-0.05, 0) is 81.6 Å². The van der Waals surface area contributed by atoms with E-state index in [1.165, 1.54) is 30.3 Å². The highest BCUT2D eigenvalue weighted by atomic mass is 16.6. The first kappa shape index (κ1) is 28.8. The molecular weight excluding hydrogens is 458 g/mol. The number of carbonyl (C=O) groups excluding carboxylic acids is 1. The lowest BCUT2D eigenvalue weighted by molar-refractivity contribution is -0.384. The van der Waals surface area contributed by atoms with Crippen LogP contribution in [0.1, 0.15) is 69.7 Å². The number of nitrogens with zero attached hydrogens (tertiary/aromatic N) is 2. The zero-order valence-corrected chi connectivity index (χ0v) is 21.7. The molecule has 0 heterocycles. The van der Waals surface area contributed by atoms with E-state index in [0.717, 1.165) is 57.5 Å². The fourth-order valence-electron chi connectivity index (χ4n) is 3.68. The second-order valence-electron chi connectivity index (χ2n) is 8.66. The number of hydrogen-bond donors (Lipinski definition) is 1. The van der Waals surface area contributed by atoms with Gasteiger partial charge >= 0.3 is 0 Å². The van der Waals surface area contributed by atoms with Gasteiger partial charge < -0.3 is 14.5 Å². The van der Waals surface area contributed by atoms with Crippen LogP contribution in [0.2, 0.25) is 0 Å². The molecule has 8 nitrogen and oxygen atoms in total. The van der Waals surface area contributed by atoms with Gasteiger partial charge in [0.2, 0.25) is 0 Å². The van der Waals surface area contributed by atoms with Gasteiger partial charge in [0.25, 0.3) is 5.69 Å². The minimum atomic E-state index is -0.465. The van der Waals surface area contributed by atoms with Crippen LogP contribution in [-0.4, -0.2) is 41.8 Å². The molecule has 0 fully saturated rings. The first-order valence-electron chi connectivity index (χ1n) is 12.8. The van der Waals surface area contributed by atoms with Crippen molar-refractivity contribution in [1.29, 1.82) is 0 Å². The molecule has 0 aromatic heterocycles. The summed E-state index contributed by atoms with van der Waals surface area (Å²) in [4.78, 5) is 31.2. The number of hydroxylamine groups is 1. The molecule has 0 spiro atoms. The molecule has 0 bridgehead atoms. The van der Waals surface area contributed by atoms with Crippen LogP contribution in [0, 0.1) is 10.1 Å². The molecule has 0 aliphatic heterocycles. The molecule has 196 valence electrons. The number of ether oxygens (including phenoxy) is 1. The maximum Gasteiger partial charge on any atom is 0.269 e. The number of hydrogen-bond acceptors (Lipinski definition) is 7. The minimum absolute atomic E-state index is 0.0124. The van der Waals surface area contributed by atoms with Gasteiger partial charge in [-0.1, -0.05) is 27.2 Å². The summed E-state index contributed by atoms with van der Waals surface area (Å²) in [5.41, 5.74) is 4.03. The number of nitro benzene ring substituents is 1. The summed E-state index contributed by atoms with van der Waals surface area (Å²) in [6.07, 6.45) is 7.30. The second kappa shape index (κ2) is 16.3. The smallest absolute Gasteiger partial charge is 0.269 e. The predicted octanol–water partition coefficient (Wildman–Crippen LogP) is 6.33. The summed E-state index contributed by atoms with van der Waals surface area (Å²) >= 11 is 0. The summed E-state index contributed by atoms with van der Waals surface area (Å²) < 4.78 is 5.86. The van der Waals surface area contributed by atoms with E-state index in [0.29, 0.717) is 30.0 Å². The molecule has 2 aromatic rings. The Morgan fingerprint density at radius 3 is 2.14 bits per heavy atom. The van der Waals surface area contributed by atoms with Crippen LogP contribution in [-0.2, 0) is 0 Å². The van der Waals surface area contributed by atoms with Gasteiger partial charge in [0.1, 0.15) is 5.75 Å². The lowest BCUT2D eigenvalue weighted by Crippen LogP contribution is -2.27. The van der Waals surface area contributed by atoms with Gasteiger partial charge in [-0.15, -0.1) is 0 Å². The molecule has 0 aliphatic rings. The van der Waals surface area contributed by atoms with Gasteiger partial charge in [0.05, 0.1) is 17.2 Å². The zero-order chi connectivity index (χ0) is 26.2. The predicted molar refractivity (Wildman–Crippen MR) is 142 cm³/mol. The highest BCUT2D eigenvalue weighted by Crippen LogP contribution is 2.18. The number of carbonyl (C=O) groups is 1. The number of ketones is 1. The Labute approximate surface area is 214 Å². The first-order chi connectivity index (χ1) is 17.5. The normalized spacial score (nSPS) is 11.4. The number of nitrogens with one attached hydrogen (secondary N) is 1. The van der Waals surface area contributed by atoms with Crippen LogP contribution < -0.4 is 15.1 Å². The van der Waals surface area contributed by atoms with Crippen molar-refractivity contribution in [3.63, 3.8) is 0 Å². The molecule has 0 saturated carbocycles. The Morgan fingerprint density at radius 1 is 0.917 bits per heavy atom. The molecule has 0 atom stereocenters. The van der Waals surface area contributed by atoms with Crippen LogP contribution in [0.15, 0.2) is 60.3 Å². The molecule has 0 unspecified atom stereocenters. The molecular formula is C28H39N3O5. The van der Waals surface area contributed by atoms with Gasteiger partial charge in [-0.3, -0.25) is 14.9 Å². The summed E-state index contributed by atoms with van der Waals surface area (Å²) in [7, 11) is 0. The number of unbranched alkanes of at least 4 members (excludes halogenated alkanes) is 1. The fraction of sp³-hybridized carbons (Fsp3) is 0.464. The number of allylic oxidation sites excluding steroid dienone is 2. The SMILES string of the molecule is CCCC/C(=C\C(=O)c1ccc(OCCCN(CCC)CCC)cc1)NOc1ccc([N+](=O)[O-])cc1. The Morgan fingerprint density at radius 2 is 1.56 bits per heavy atom. The third-order valence-corrected chi connectivity index (χ3v) is 5.56. The standard InChI is InChI=1S/C28H39N3O5/c1-4-7-9-24(29-36-27-16-12-25(13-17-27)31(33)34)22-28(32)23-10-14-26(15-11-23)35-21-8-20-30(18-5-2)19-6-3/h10-17,22,29H,4-9,18-21H2,1-3H3/b24-22+. The lowest BCUT2D eigenvalue weighted by Gasteiger charge is -2.20. The Balaban J connectivity index is 1.90. The van der Waals surface area contributed by atoms with E-state index in [-0.39, 0.29) is 11.5 Å². The maximum absolute atomic E-state index is 12.8. The molecule has 0 saturated heterocycles. The first-order valence-corrected chi connectivity index (χ1v) is 12.8. The maximum atomic E-state index is 12.8. The number of benzene rings is 2. The molecule has 36 heavy (non-hydrogen) atoms. The van der Waals surface area contributed by atoms with E-state index in [1.54, 1.807) is 12.1 Å². The van der Waals surface area contributed by atoms with Crippen LogP contribution in [0.5, 0.6) is 11.5 Å². The van der Waals surface area contributed by atoms with Crippen LogP contribution in [0.25, 0.3) is 0 Å². The Hall–Kier alpha value is -3.39. The molecule has 8 heteroatoms. The third kappa shape index (κ3) is 10.5. The molecule has 2 rings (SSSR count). The Kier molecular flexibility index (Phi) is 13.1. The molecule has 1 N–H and O–H groups in total. The van der Waals surface area contributed by atoms with E-state index >= 15 is 0 Å². The Bertz CT molecular complexity index is 952. The number of rotatable bonds is 18. The molecule has 2 aromatic carbocycles. The molecule has 0 aliphatic carbocycles. The summed E-state index contributed by atoms with van der Waals surface area (Å²) in [5, 5.41) is 10.8. The second-order valence-corrected chi connectivity index (χ2v) is 8.66. The van der Waals surface area contributed by atoms with Gasteiger partial charge in [-0.2, -0.15) is 0 Å². The quantitative estimate of drug-likeness (QED) is 0.0846. The van der Waals surface area contributed by atoms with Crippen molar-refractivity contribution < 1.29 is 19.3 Å². The van der Waals surface area contributed by atoms with Crippen LogP contribution in [0.3, 0.4) is 0 Å². The largest absolute Gasteiger partial charge is 0.494 e. The van der Waals surface area contributed by atoms with E-state index in [1.807, 2.05) is 12.1 Å². The monoisotopic (exact) mass is 497 g/mol. The lowest BCUT2D eigenvalue weighted by atomic mass is 10.1. The highest BCUT2D eigenvalue weighted by molar-refractivity contribution is 6.04. The van der Waals surface area contributed by atoms with E-state index < -0.39 is 4.92 Å². The minimum Gasteiger partial charge on any atom is -0.494 e. The van der Waals surface area contributed by atoms with Crippen LogP contribution >= 0.6 is 0 Å². The van der Waals surface area contributed by atoms with Crippen LogP contribution in [0.4, 0.5) is 5.69 Å². The summed E-state index contributed by atoms with van der Waals surface area (Å²) in [6, 6.07) is 12.9. The van der Waals surface area contributed by atoms with Gasteiger partial charge in [0, 0.05) is 30.3 Å². The van der Waals surface area contributed by atoms with Crippen molar-refractivity contribution in [3.05, 3.63) is 76.0 Å². The third-order valence-electron chi connectivity index (χ3n) is 5.56. The van der Waals surface area contributed by atoms with Crippen molar-refractivity contribution in [2.24, 2.45) is 0 Å². The van der Waals surface area contributed by atoms with Gasteiger partial charge in [-0.25, -0.2) is 5.48 Å². The molecule has 0 radical (unpaired) electrons. The van der Waals surface area contributed by atoms with E-state index in [4.69, 9.17) is 9.57 Å². The average molecular weight is 498 g/mol. The topological polar surface area (TPSA) is 93.9 Å². The van der Waals surface area contributed by atoms with Crippen molar-refractivity contribution in [2.45, 2.75) is 59.3 Å². The van der Waals surface area contributed by atoms with Gasteiger partial charge in [0.15, 0.2) is 11.5 Å². The van der Waals surface area contributed by atoms with Crippen molar-refractivity contribution >= 4 is 11.5 Å². The zero-order valence-electron chi connectivity index (χ0n) is 21.7. The van der Waals surface area contributed by atoms with Crippen molar-refractivity contribution in [1.82, 2.24) is 10.4 Å². The summed E-state index contributed by atoms with van der Waals surface area (Å²) in [6.45, 7) is 10.4. The molecule has 0 amide bonds.